The van der Waals surface area contributed by atoms with E-state index >= 15 is 0 Å². The lowest BCUT2D eigenvalue weighted by molar-refractivity contribution is 0.186. The summed E-state index contributed by atoms with van der Waals surface area (Å²) in [7, 11) is 0. The number of aromatic amines is 1. The molecule has 0 atom stereocenters. The normalized spacial score (nSPS) is 18.5. The molecule has 2 aromatic heterocycles. The van der Waals surface area contributed by atoms with Gasteiger partial charge in [-0.1, -0.05) is 31.4 Å². The fraction of sp³-hybridized carbons (Fsp3) is 0.455. The molecule has 1 aliphatic heterocycles. The highest BCUT2D eigenvalue weighted by molar-refractivity contribution is 5.65. The lowest BCUT2D eigenvalue weighted by Crippen LogP contribution is -2.37. The zero-order valence-corrected chi connectivity index (χ0v) is 16.0. The predicted molar refractivity (Wildman–Crippen MR) is 107 cm³/mol. The Morgan fingerprint density at radius 1 is 1.18 bits per heavy atom. The Morgan fingerprint density at radius 3 is 2.82 bits per heavy atom. The molecule has 28 heavy (non-hydrogen) atoms. The molecule has 3 aromatic rings. The van der Waals surface area contributed by atoms with Gasteiger partial charge in [-0.2, -0.15) is 0 Å². The predicted octanol–water partition coefficient (Wildman–Crippen LogP) is 3.77. The number of hydrogen-bond donors (Lipinski definition) is 1. The highest BCUT2D eigenvalue weighted by Gasteiger charge is 2.25. The minimum atomic E-state index is -0.324. The minimum Gasteiger partial charge on any atom is -0.310 e. The van der Waals surface area contributed by atoms with Crippen molar-refractivity contribution in [3.63, 3.8) is 0 Å². The van der Waals surface area contributed by atoms with Gasteiger partial charge in [-0.15, -0.1) is 0 Å². The number of nitrogens with zero attached hydrogens (tertiary/aromatic N) is 3. The second kappa shape index (κ2) is 7.17. The fourth-order valence-corrected chi connectivity index (χ4v) is 4.79. The number of nitrogens with one attached hydrogen (secondary N) is 1. The van der Waals surface area contributed by atoms with Crippen molar-refractivity contribution in [3.8, 4) is 11.3 Å². The van der Waals surface area contributed by atoms with E-state index in [1.54, 1.807) is 24.4 Å². The highest BCUT2D eigenvalue weighted by atomic mass is 19.1. The zero-order valence-electron chi connectivity index (χ0n) is 16.0. The van der Waals surface area contributed by atoms with Crippen LogP contribution < -0.4 is 5.69 Å². The summed E-state index contributed by atoms with van der Waals surface area (Å²) in [4.78, 5) is 22.7. The molecule has 0 amide bonds. The molecule has 5 nitrogen and oxygen atoms in total. The van der Waals surface area contributed by atoms with Crippen LogP contribution in [-0.4, -0.2) is 32.4 Å². The van der Waals surface area contributed by atoms with E-state index in [1.807, 2.05) is 0 Å². The van der Waals surface area contributed by atoms with E-state index < -0.39 is 0 Å². The van der Waals surface area contributed by atoms with E-state index in [0.717, 1.165) is 43.2 Å². The molecule has 6 heteroatoms. The van der Waals surface area contributed by atoms with Crippen LogP contribution >= 0.6 is 0 Å². The van der Waals surface area contributed by atoms with E-state index in [-0.39, 0.29) is 11.5 Å². The maximum atomic E-state index is 14.2. The molecule has 0 unspecified atom stereocenters. The van der Waals surface area contributed by atoms with Gasteiger partial charge >= 0.3 is 5.69 Å². The first kappa shape index (κ1) is 17.6. The zero-order chi connectivity index (χ0) is 19.1. The molecule has 1 N–H and O–H groups in total. The molecule has 0 saturated heterocycles. The van der Waals surface area contributed by atoms with Crippen LogP contribution in [-0.2, 0) is 13.0 Å². The summed E-state index contributed by atoms with van der Waals surface area (Å²) >= 11 is 0. The van der Waals surface area contributed by atoms with Gasteiger partial charge in [-0.05, 0) is 30.9 Å². The maximum Gasteiger partial charge on any atom is 0.331 e. The summed E-state index contributed by atoms with van der Waals surface area (Å²) in [5.74, 6) is 0.456. The summed E-state index contributed by atoms with van der Waals surface area (Å²) in [5, 5.41) is 0. The molecule has 1 aromatic carbocycles. The Morgan fingerprint density at radius 2 is 2.00 bits per heavy atom. The number of hydrogen-bond acceptors (Lipinski definition) is 3. The quantitative estimate of drug-likeness (QED) is 0.753. The second-order valence-electron chi connectivity index (χ2n) is 8.18. The van der Waals surface area contributed by atoms with E-state index in [1.165, 1.54) is 42.6 Å². The first-order chi connectivity index (χ1) is 13.7. The Hall–Kier alpha value is -2.47. The standard InChI is InChI=1S/C22H25FN4O/c23-18-9-5-4-8-16(18)20-14-27-21(24-20)17-13-26(11-10-19(17)25-22(27)28)12-15-6-2-1-3-7-15/h4-5,8-9,14-15H,1-3,6-7,10-13H2,(H,25,28). The van der Waals surface area contributed by atoms with Crippen molar-refractivity contribution in [2.75, 3.05) is 13.1 Å². The number of rotatable bonds is 3. The van der Waals surface area contributed by atoms with Gasteiger partial charge in [0, 0.05) is 49.1 Å². The fourth-order valence-electron chi connectivity index (χ4n) is 4.79. The first-order valence-corrected chi connectivity index (χ1v) is 10.3. The number of benzene rings is 1. The van der Waals surface area contributed by atoms with Crippen LogP contribution in [0.25, 0.3) is 16.9 Å². The van der Waals surface area contributed by atoms with Gasteiger partial charge < -0.3 is 4.98 Å². The van der Waals surface area contributed by atoms with E-state index in [9.17, 15) is 9.18 Å². The van der Waals surface area contributed by atoms with Gasteiger partial charge in [0.05, 0.1) is 5.69 Å². The highest BCUT2D eigenvalue weighted by Crippen LogP contribution is 2.28. The summed E-state index contributed by atoms with van der Waals surface area (Å²) in [5.41, 5.74) is 3.43. The van der Waals surface area contributed by atoms with Crippen molar-refractivity contribution in [1.29, 1.82) is 0 Å². The van der Waals surface area contributed by atoms with Gasteiger partial charge in [0.25, 0.3) is 0 Å². The molecule has 2 aliphatic rings. The van der Waals surface area contributed by atoms with E-state index in [2.05, 4.69) is 14.9 Å². The molecule has 5 rings (SSSR count). The van der Waals surface area contributed by atoms with Crippen LogP contribution in [0, 0.1) is 11.7 Å². The molecule has 0 bridgehead atoms. The average molecular weight is 380 g/mol. The second-order valence-corrected chi connectivity index (χ2v) is 8.18. The third kappa shape index (κ3) is 3.15. The smallest absolute Gasteiger partial charge is 0.310 e. The molecule has 0 radical (unpaired) electrons. The average Bonchev–Trinajstić information content (AvgIpc) is 3.16. The molecule has 3 heterocycles. The largest absolute Gasteiger partial charge is 0.331 e. The van der Waals surface area contributed by atoms with Crippen molar-refractivity contribution in [2.45, 2.75) is 45.1 Å². The van der Waals surface area contributed by atoms with Crippen LogP contribution in [0.15, 0.2) is 35.3 Å². The lowest BCUT2D eigenvalue weighted by Gasteiger charge is -2.33. The van der Waals surface area contributed by atoms with Crippen LogP contribution in [0.3, 0.4) is 0 Å². The number of H-pyrrole nitrogens is 1. The SMILES string of the molecule is O=c1[nH]c2c(c3nc(-c4ccccc4F)cn13)CN(CC1CCCCC1)CC2. The minimum absolute atomic E-state index is 0.204. The molecule has 1 saturated carbocycles. The first-order valence-electron chi connectivity index (χ1n) is 10.3. The number of imidazole rings is 1. The van der Waals surface area contributed by atoms with Crippen molar-refractivity contribution in [1.82, 2.24) is 19.3 Å². The van der Waals surface area contributed by atoms with Gasteiger partial charge in [0.15, 0.2) is 0 Å². The summed E-state index contributed by atoms with van der Waals surface area (Å²) in [6.07, 6.45) is 9.19. The third-order valence-corrected chi connectivity index (χ3v) is 6.27. The van der Waals surface area contributed by atoms with E-state index in [4.69, 9.17) is 0 Å². The molecule has 146 valence electrons. The van der Waals surface area contributed by atoms with Crippen LogP contribution in [0.2, 0.25) is 0 Å². The van der Waals surface area contributed by atoms with Crippen LogP contribution in [0.1, 0.15) is 43.4 Å². The van der Waals surface area contributed by atoms with Crippen LogP contribution in [0.5, 0.6) is 0 Å². The van der Waals surface area contributed by atoms with Crippen molar-refractivity contribution >= 4 is 5.65 Å². The molecule has 1 fully saturated rings. The molecule has 1 aliphatic carbocycles. The third-order valence-electron chi connectivity index (χ3n) is 6.27. The topological polar surface area (TPSA) is 53.4 Å². The van der Waals surface area contributed by atoms with Gasteiger partial charge in [-0.3, -0.25) is 9.30 Å². The molecular formula is C22H25FN4O. The monoisotopic (exact) mass is 380 g/mol. The Labute approximate surface area is 163 Å². The Kier molecular flexibility index (Phi) is 4.51. The lowest BCUT2D eigenvalue weighted by atomic mass is 9.88. The molecule has 0 spiro atoms. The number of fused-ring (bicyclic) bond motifs is 3. The van der Waals surface area contributed by atoms with Gasteiger partial charge in [-0.25, -0.2) is 14.2 Å². The van der Waals surface area contributed by atoms with Crippen molar-refractivity contribution in [3.05, 3.63) is 58.0 Å². The van der Waals surface area contributed by atoms with Gasteiger partial charge in [0.2, 0.25) is 0 Å². The number of aromatic nitrogens is 3. The molecular weight excluding hydrogens is 355 g/mol. The maximum absolute atomic E-state index is 14.2. The Balaban J connectivity index is 1.51. The summed E-state index contributed by atoms with van der Waals surface area (Å²) in [6.45, 7) is 2.88. The van der Waals surface area contributed by atoms with Gasteiger partial charge in [0.1, 0.15) is 11.5 Å². The van der Waals surface area contributed by atoms with Crippen molar-refractivity contribution < 1.29 is 4.39 Å². The summed E-state index contributed by atoms with van der Waals surface area (Å²) in [6, 6.07) is 6.57. The summed E-state index contributed by atoms with van der Waals surface area (Å²) < 4.78 is 15.8. The van der Waals surface area contributed by atoms with Crippen molar-refractivity contribution in [2.24, 2.45) is 5.92 Å². The van der Waals surface area contributed by atoms with Crippen LogP contribution in [0.4, 0.5) is 4.39 Å². The Bertz CT molecular complexity index is 1060. The van der Waals surface area contributed by atoms with E-state index in [0.29, 0.717) is 16.9 Å². The number of halogens is 1.